The molecule has 1 aliphatic heterocycles. The van der Waals surface area contributed by atoms with Crippen molar-refractivity contribution in [3.63, 3.8) is 0 Å². The van der Waals surface area contributed by atoms with Crippen LogP contribution in [0.4, 0.5) is 0 Å². The Morgan fingerprint density at radius 1 is 0.971 bits per heavy atom. The summed E-state index contributed by atoms with van der Waals surface area (Å²) in [6, 6.07) is 23.4. The van der Waals surface area contributed by atoms with Crippen molar-refractivity contribution in [2.24, 2.45) is 0 Å². The molecule has 1 heterocycles. The van der Waals surface area contributed by atoms with Gasteiger partial charge in [0.25, 0.3) is 11.7 Å². The normalized spacial score (nSPS) is 17.1. The van der Waals surface area contributed by atoms with E-state index in [1.165, 1.54) is 4.90 Å². The number of Topliss-reactive ketones (excluding diaryl/α,β-unsaturated/α-hetero) is 1. The van der Waals surface area contributed by atoms with Gasteiger partial charge in [0.05, 0.1) is 11.6 Å². The Hall–Kier alpha value is -3.42. The highest BCUT2D eigenvalue weighted by Gasteiger charge is 2.45. The fourth-order valence-electron chi connectivity index (χ4n) is 4.09. The van der Waals surface area contributed by atoms with E-state index in [9.17, 15) is 14.7 Å². The predicted molar refractivity (Wildman–Crippen MR) is 137 cm³/mol. The maximum Gasteiger partial charge on any atom is 0.295 e. The highest BCUT2D eigenvalue weighted by atomic mass is 79.9. The van der Waals surface area contributed by atoms with E-state index >= 15 is 0 Å². The van der Waals surface area contributed by atoms with Gasteiger partial charge in [-0.3, -0.25) is 9.59 Å². The van der Waals surface area contributed by atoms with Gasteiger partial charge in [-0.2, -0.15) is 0 Å². The predicted octanol–water partition coefficient (Wildman–Crippen LogP) is 5.49. The zero-order valence-electron chi connectivity index (χ0n) is 19.3. The third-order valence-corrected chi connectivity index (χ3v) is 6.38. The molecule has 1 saturated heterocycles. The molecule has 0 bridgehead atoms. The number of ether oxygens (including phenoxy) is 2. The summed E-state index contributed by atoms with van der Waals surface area (Å²) < 4.78 is 11.8. The summed E-state index contributed by atoms with van der Waals surface area (Å²) in [6.07, 6.45) is 0.573. The second-order valence-corrected chi connectivity index (χ2v) is 9.10. The zero-order chi connectivity index (χ0) is 24.8. The summed E-state index contributed by atoms with van der Waals surface area (Å²) in [4.78, 5) is 27.5. The summed E-state index contributed by atoms with van der Waals surface area (Å²) in [7, 11) is 1.59. The molecular formula is C28H26BrNO5. The number of amides is 1. The van der Waals surface area contributed by atoms with Crippen LogP contribution >= 0.6 is 15.9 Å². The molecule has 4 rings (SSSR count). The first-order valence-electron chi connectivity index (χ1n) is 11.3. The lowest BCUT2D eigenvalue weighted by atomic mass is 9.95. The van der Waals surface area contributed by atoms with Gasteiger partial charge in [-0.1, -0.05) is 58.4 Å². The quantitative estimate of drug-likeness (QED) is 0.170. The molecule has 3 aromatic carbocycles. The van der Waals surface area contributed by atoms with Crippen molar-refractivity contribution in [3.05, 3.63) is 106 Å². The lowest BCUT2D eigenvalue weighted by Crippen LogP contribution is -2.31. The first-order chi connectivity index (χ1) is 17.0. The highest BCUT2D eigenvalue weighted by molar-refractivity contribution is 9.10. The van der Waals surface area contributed by atoms with Gasteiger partial charge in [0.1, 0.15) is 18.1 Å². The number of aliphatic hydroxyl groups is 1. The number of nitrogens with zero attached hydrogens (tertiary/aromatic N) is 1. The van der Waals surface area contributed by atoms with E-state index in [1.807, 2.05) is 54.6 Å². The SMILES string of the molecule is COCCCN1C(=O)C(=O)/C(=C(/O)c2ccc(OCc3ccccc3)cc2)C1c1ccc(Br)cc1. The van der Waals surface area contributed by atoms with Crippen molar-refractivity contribution in [3.8, 4) is 5.75 Å². The molecule has 35 heavy (non-hydrogen) atoms. The van der Waals surface area contributed by atoms with Crippen LogP contribution in [0.25, 0.3) is 5.76 Å². The van der Waals surface area contributed by atoms with Gasteiger partial charge in [0.15, 0.2) is 0 Å². The van der Waals surface area contributed by atoms with Gasteiger partial charge in [0, 0.05) is 30.3 Å². The largest absolute Gasteiger partial charge is 0.507 e. The molecule has 180 valence electrons. The maximum absolute atomic E-state index is 13.1. The van der Waals surface area contributed by atoms with E-state index < -0.39 is 17.7 Å². The molecule has 0 spiro atoms. The van der Waals surface area contributed by atoms with Crippen molar-refractivity contribution >= 4 is 33.4 Å². The van der Waals surface area contributed by atoms with E-state index in [1.54, 1.807) is 31.4 Å². The fourth-order valence-corrected chi connectivity index (χ4v) is 4.35. The van der Waals surface area contributed by atoms with Crippen LogP contribution in [0, 0.1) is 0 Å². The fraction of sp³-hybridized carbons (Fsp3) is 0.214. The van der Waals surface area contributed by atoms with Gasteiger partial charge in [-0.15, -0.1) is 0 Å². The number of likely N-dealkylation sites (tertiary alicyclic amines) is 1. The minimum Gasteiger partial charge on any atom is -0.507 e. The molecule has 7 heteroatoms. The monoisotopic (exact) mass is 535 g/mol. The molecule has 1 amide bonds. The second-order valence-electron chi connectivity index (χ2n) is 8.19. The van der Waals surface area contributed by atoms with E-state index in [-0.39, 0.29) is 11.3 Å². The lowest BCUT2D eigenvalue weighted by Gasteiger charge is -2.25. The number of carbonyl (C=O) groups is 2. The van der Waals surface area contributed by atoms with Crippen molar-refractivity contribution < 1.29 is 24.2 Å². The molecule has 6 nitrogen and oxygen atoms in total. The molecule has 0 saturated carbocycles. The molecule has 1 N–H and O–H groups in total. The molecule has 1 unspecified atom stereocenters. The van der Waals surface area contributed by atoms with Gasteiger partial charge < -0.3 is 19.5 Å². The molecule has 1 aliphatic rings. The molecular weight excluding hydrogens is 510 g/mol. The van der Waals surface area contributed by atoms with Crippen molar-refractivity contribution in [2.75, 3.05) is 20.3 Å². The lowest BCUT2D eigenvalue weighted by molar-refractivity contribution is -0.140. The number of aliphatic hydroxyl groups excluding tert-OH is 1. The van der Waals surface area contributed by atoms with Crippen LogP contribution in [0.15, 0.2) is 88.9 Å². The smallest absolute Gasteiger partial charge is 0.295 e. The minimum absolute atomic E-state index is 0.0766. The Balaban J connectivity index is 1.63. The van der Waals surface area contributed by atoms with Crippen molar-refractivity contribution in [2.45, 2.75) is 19.1 Å². The molecule has 0 aromatic heterocycles. The third kappa shape index (κ3) is 5.63. The number of methoxy groups -OCH3 is 1. The van der Waals surface area contributed by atoms with Gasteiger partial charge in [0.2, 0.25) is 0 Å². The standard InChI is InChI=1S/C28H26BrNO5/c1-34-17-5-16-30-25(20-8-12-22(29)13-9-20)24(27(32)28(30)33)26(31)21-10-14-23(15-11-21)35-18-19-6-3-2-4-7-19/h2-4,6-15,25,31H,5,16-18H2,1H3/b26-24+. The van der Waals surface area contributed by atoms with Crippen LogP contribution in [-0.4, -0.2) is 42.0 Å². The third-order valence-electron chi connectivity index (χ3n) is 5.85. The molecule has 0 radical (unpaired) electrons. The second kappa shape index (κ2) is 11.3. The number of benzene rings is 3. The highest BCUT2D eigenvalue weighted by Crippen LogP contribution is 2.40. The Kier molecular flexibility index (Phi) is 8.00. The summed E-state index contributed by atoms with van der Waals surface area (Å²) >= 11 is 3.42. The van der Waals surface area contributed by atoms with Gasteiger partial charge in [-0.25, -0.2) is 0 Å². The Morgan fingerprint density at radius 2 is 1.66 bits per heavy atom. The van der Waals surface area contributed by atoms with Crippen LogP contribution in [0.5, 0.6) is 5.75 Å². The van der Waals surface area contributed by atoms with Crippen molar-refractivity contribution in [1.29, 1.82) is 0 Å². The van der Waals surface area contributed by atoms with Gasteiger partial charge >= 0.3 is 0 Å². The summed E-state index contributed by atoms with van der Waals surface area (Å²) in [6.45, 7) is 1.21. The number of hydrogen-bond acceptors (Lipinski definition) is 5. The number of carbonyl (C=O) groups excluding carboxylic acids is 2. The Bertz CT molecular complexity index is 1210. The maximum atomic E-state index is 13.1. The average Bonchev–Trinajstić information content (AvgIpc) is 3.13. The first kappa shape index (κ1) is 24.7. The van der Waals surface area contributed by atoms with E-state index in [0.29, 0.717) is 37.5 Å². The van der Waals surface area contributed by atoms with Crippen LogP contribution < -0.4 is 4.74 Å². The number of rotatable bonds is 9. The average molecular weight is 536 g/mol. The summed E-state index contributed by atoms with van der Waals surface area (Å²) in [5.74, 6) is -0.898. The summed E-state index contributed by atoms with van der Waals surface area (Å²) in [5.41, 5.74) is 2.30. The van der Waals surface area contributed by atoms with Gasteiger partial charge in [-0.05, 0) is 53.9 Å². The van der Waals surface area contributed by atoms with Crippen LogP contribution in [0.2, 0.25) is 0 Å². The Labute approximate surface area is 212 Å². The number of hydrogen-bond donors (Lipinski definition) is 1. The van der Waals surface area contributed by atoms with E-state index in [2.05, 4.69) is 15.9 Å². The van der Waals surface area contributed by atoms with Crippen molar-refractivity contribution in [1.82, 2.24) is 4.90 Å². The number of ketones is 1. The van der Waals surface area contributed by atoms with E-state index in [0.717, 1.165) is 15.6 Å². The molecule has 1 fully saturated rings. The Morgan fingerprint density at radius 3 is 2.31 bits per heavy atom. The molecule has 3 aromatic rings. The molecule has 0 aliphatic carbocycles. The summed E-state index contributed by atoms with van der Waals surface area (Å²) in [5, 5.41) is 11.2. The first-order valence-corrected chi connectivity index (χ1v) is 12.1. The topological polar surface area (TPSA) is 76.1 Å². The van der Waals surface area contributed by atoms with Crippen LogP contribution in [0.1, 0.15) is 29.2 Å². The van der Waals surface area contributed by atoms with Crippen LogP contribution in [0.3, 0.4) is 0 Å². The number of halogens is 1. The van der Waals surface area contributed by atoms with Crippen LogP contribution in [-0.2, 0) is 20.9 Å². The molecule has 1 atom stereocenters. The minimum atomic E-state index is -0.697. The van der Waals surface area contributed by atoms with E-state index in [4.69, 9.17) is 9.47 Å². The zero-order valence-corrected chi connectivity index (χ0v) is 20.9.